The molecule has 5 rings (SSSR count). The fraction of sp³-hybridized carbons (Fsp3) is 0.412. The number of hydrogen-bond acceptors (Lipinski definition) is 4. The summed E-state index contributed by atoms with van der Waals surface area (Å²) < 4.78 is 22.5. The van der Waals surface area contributed by atoms with Crippen LogP contribution in [0.3, 0.4) is 0 Å². The van der Waals surface area contributed by atoms with Crippen LogP contribution in [0.2, 0.25) is 0 Å². The molecular formula is C17H16ClNO4S. The predicted octanol–water partition coefficient (Wildman–Crippen LogP) is 2.46. The molecule has 5 nitrogen and oxygen atoms in total. The van der Waals surface area contributed by atoms with Gasteiger partial charge in [-0.2, -0.15) is 0 Å². The molecule has 1 aliphatic heterocycles. The Morgan fingerprint density at radius 3 is 2.12 bits per heavy atom. The molecule has 2 fully saturated rings. The van der Waals surface area contributed by atoms with E-state index in [1.807, 2.05) is 0 Å². The van der Waals surface area contributed by atoms with Gasteiger partial charge in [0, 0.05) is 10.7 Å². The Bertz CT molecular complexity index is 831. The van der Waals surface area contributed by atoms with Crippen molar-refractivity contribution >= 4 is 37.2 Å². The number of benzene rings is 1. The van der Waals surface area contributed by atoms with Gasteiger partial charge in [-0.05, 0) is 42.4 Å². The summed E-state index contributed by atoms with van der Waals surface area (Å²) in [5.41, 5.74) is 0.885. The van der Waals surface area contributed by atoms with Gasteiger partial charge in [0.1, 0.15) is 0 Å². The average Bonchev–Trinajstić information content (AvgIpc) is 2.81. The second-order valence-electron chi connectivity index (χ2n) is 6.71. The number of nitrogens with zero attached hydrogens (tertiary/aromatic N) is 1. The van der Waals surface area contributed by atoms with E-state index in [2.05, 4.69) is 12.2 Å². The molecule has 2 bridgehead atoms. The molecule has 0 N–H and O–H groups in total. The molecule has 3 aliphatic carbocycles. The van der Waals surface area contributed by atoms with Crippen molar-refractivity contribution < 1.29 is 18.0 Å². The van der Waals surface area contributed by atoms with Crippen molar-refractivity contribution in [1.82, 2.24) is 0 Å². The quantitative estimate of drug-likeness (QED) is 0.468. The molecule has 1 aromatic rings. The van der Waals surface area contributed by atoms with E-state index in [0.717, 1.165) is 12.8 Å². The van der Waals surface area contributed by atoms with Crippen LogP contribution in [0.1, 0.15) is 18.4 Å². The molecule has 4 unspecified atom stereocenters. The van der Waals surface area contributed by atoms with Crippen LogP contribution in [0.5, 0.6) is 0 Å². The zero-order valence-corrected chi connectivity index (χ0v) is 14.3. The number of halogens is 1. The minimum Gasteiger partial charge on any atom is -0.274 e. The van der Waals surface area contributed by atoms with Gasteiger partial charge in [-0.3, -0.25) is 14.5 Å². The van der Waals surface area contributed by atoms with Crippen molar-refractivity contribution in [3.05, 3.63) is 42.0 Å². The molecule has 0 radical (unpaired) electrons. The van der Waals surface area contributed by atoms with Crippen LogP contribution in [0.15, 0.2) is 36.4 Å². The van der Waals surface area contributed by atoms with Crippen molar-refractivity contribution in [2.24, 2.45) is 23.7 Å². The summed E-state index contributed by atoms with van der Waals surface area (Å²) in [6.45, 7) is 0. The maximum atomic E-state index is 12.9. The fourth-order valence-corrected chi connectivity index (χ4v) is 5.27. The van der Waals surface area contributed by atoms with E-state index in [-0.39, 0.29) is 41.2 Å². The molecule has 0 spiro atoms. The van der Waals surface area contributed by atoms with Crippen LogP contribution in [-0.4, -0.2) is 20.2 Å². The first kappa shape index (κ1) is 15.8. The van der Waals surface area contributed by atoms with Gasteiger partial charge in [-0.1, -0.05) is 24.3 Å². The second kappa shape index (κ2) is 5.43. The monoisotopic (exact) mass is 365 g/mol. The summed E-state index contributed by atoms with van der Waals surface area (Å²) in [6.07, 6.45) is 6.03. The van der Waals surface area contributed by atoms with Crippen molar-refractivity contribution in [3.8, 4) is 0 Å². The highest BCUT2D eigenvalue weighted by Gasteiger charge is 2.56. The maximum Gasteiger partial charge on any atom is 0.238 e. The molecule has 1 saturated heterocycles. The third-order valence-corrected chi connectivity index (χ3v) is 6.27. The number of fused-ring (bicyclic) bond motifs is 1. The minimum absolute atomic E-state index is 0.132. The molecule has 4 atom stereocenters. The Kier molecular flexibility index (Phi) is 3.58. The number of allylic oxidation sites excluding steroid dienone is 2. The highest BCUT2D eigenvalue weighted by molar-refractivity contribution is 8.13. The van der Waals surface area contributed by atoms with Gasteiger partial charge >= 0.3 is 0 Å². The minimum atomic E-state index is -3.70. The summed E-state index contributed by atoms with van der Waals surface area (Å²) in [6, 6.07) is 6.48. The highest BCUT2D eigenvalue weighted by Crippen LogP contribution is 2.50. The van der Waals surface area contributed by atoms with Gasteiger partial charge in [0.2, 0.25) is 20.9 Å². The molecule has 2 amide bonds. The summed E-state index contributed by atoms with van der Waals surface area (Å²) in [4.78, 5) is 27.0. The zero-order chi connectivity index (χ0) is 17.1. The molecule has 7 heteroatoms. The lowest BCUT2D eigenvalue weighted by atomic mass is 9.63. The third kappa shape index (κ3) is 2.48. The van der Waals surface area contributed by atoms with E-state index in [9.17, 15) is 18.0 Å². The summed E-state index contributed by atoms with van der Waals surface area (Å²) in [7, 11) is 1.60. The number of carbonyl (C=O) groups is 2. The zero-order valence-electron chi connectivity index (χ0n) is 12.8. The number of rotatable bonds is 3. The van der Waals surface area contributed by atoms with Crippen molar-refractivity contribution in [2.75, 3.05) is 4.90 Å². The largest absolute Gasteiger partial charge is 0.274 e. The van der Waals surface area contributed by atoms with Crippen LogP contribution in [0.4, 0.5) is 5.69 Å². The Balaban J connectivity index is 1.69. The van der Waals surface area contributed by atoms with Crippen LogP contribution in [0.25, 0.3) is 0 Å². The molecule has 126 valence electrons. The Morgan fingerprint density at radius 1 is 1.04 bits per heavy atom. The summed E-state index contributed by atoms with van der Waals surface area (Å²) in [5.74, 6) is -0.966. The normalized spacial score (nSPS) is 31.6. The number of amides is 2. The van der Waals surface area contributed by atoms with E-state index < -0.39 is 9.05 Å². The molecular weight excluding hydrogens is 350 g/mol. The lowest BCUT2D eigenvalue weighted by Gasteiger charge is -2.38. The standard InChI is InChI=1S/C17H16ClNO4S/c18-24(22,23)9-10-2-1-3-13(8-10)19-16(20)14-11-4-5-12(7-6-11)15(14)17(19)21/h1-5,8,11-12,14-15H,6-7,9H2. The van der Waals surface area contributed by atoms with Gasteiger partial charge < -0.3 is 0 Å². The topological polar surface area (TPSA) is 71.5 Å². The van der Waals surface area contributed by atoms with Gasteiger partial charge in [0.15, 0.2) is 0 Å². The van der Waals surface area contributed by atoms with Crippen LogP contribution >= 0.6 is 10.7 Å². The fourth-order valence-electron chi connectivity index (χ4n) is 4.31. The van der Waals surface area contributed by atoms with E-state index in [1.54, 1.807) is 24.3 Å². The van der Waals surface area contributed by atoms with E-state index in [0.29, 0.717) is 11.3 Å². The summed E-state index contributed by atoms with van der Waals surface area (Å²) in [5, 5.41) is 0. The number of hydrogen-bond donors (Lipinski definition) is 0. The van der Waals surface area contributed by atoms with E-state index in [1.165, 1.54) is 4.90 Å². The van der Waals surface area contributed by atoms with Gasteiger partial charge in [0.05, 0.1) is 23.3 Å². The number of anilines is 1. The number of imide groups is 1. The van der Waals surface area contributed by atoms with Gasteiger partial charge in [0.25, 0.3) is 0 Å². The summed E-state index contributed by atoms with van der Waals surface area (Å²) >= 11 is 0. The smallest absolute Gasteiger partial charge is 0.238 e. The lowest BCUT2D eigenvalue weighted by Crippen LogP contribution is -2.38. The van der Waals surface area contributed by atoms with E-state index >= 15 is 0 Å². The second-order valence-corrected chi connectivity index (χ2v) is 9.48. The van der Waals surface area contributed by atoms with Crippen molar-refractivity contribution in [1.29, 1.82) is 0 Å². The molecule has 4 aliphatic rings. The molecule has 0 aromatic heterocycles. The Labute approximate surface area is 144 Å². The van der Waals surface area contributed by atoms with Crippen LogP contribution in [-0.2, 0) is 24.4 Å². The predicted molar refractivity (Wildman–Crippen MR) is 89.7 cm³/mol. The SMILES string of the molecule is O=C1C2C3C=CC(CC3)C2C(=O)N1c1cccc(CS(=O)(=O)Cl)c1. The van der Waals surface area contributed by atoms with Crippen LogP contribution in [0, 0.1) is 23.7 Å². The highest BCUT2D eigenvalue weighted by atomic mass is 35.7. The first-order valence-corrected chi connectivity index (χ1v) is 10.4. The third-order valence-electron chi connectivity index (χ3n) is 5.27. The molecule has 1 saturated carbocycles. The first-order chi connectivity index (χ1) is 11.3. The lowest BCUT2D eigenvalue weighted by molar-refractivity contribution is -0.124. The Morgan fingerprint density at radius 2 is 1.62 bits per heavy atom. The number of carbonyl (C=O) groups excluding carboxylic acids is 2. The molecule has 1 aromatic carbocycles. The van der Waals surface area contributed by atoms with Gasteiger partial charge in [-0.15, -0.1) is 0 Å². The van der Waals surface area contributed by atoms with Crippen molar-refractivity contribution in [2.45, 2.75) is 18.6 Å². The average molecular weight is 366 g/mol. The molecule has 24 heavy (non-hydrogen) atoms. The van der Waals surface area contributed by atoms with E-state index in [4.69, 9.17) is 10.7 Å². The molecule has 1 heterocycles. The Hall–Kier alpha value is -1.66. The maximum absolute atomic E-state index is 12.9. The van der Waals surface area contributed by atoms with Gasteiger partial charge in [-0.25, -0.2) is 8.42 Å². The van der Waals surface area contributed by atoms with Crippen LogP contribution < -0.4 is 4.90 Å². The van der Waals surface area contributed by atoms with Crippen molar-refractivity contribution in [3.63, 3.8) is 0 Å². The first-order valence-electron chi connectivity index (χ1n) is 7.92.